The second-order valence-electron chi connectivity index (χ2n) is 3.92. The van der Waals surface area contributed by atoms with Crippen LogP contribution in [-0.4, -0.2) is 13.4 Å². The maximum atomic E-state index is 12.0. The van der Waals surface area contributed by atoms with E-state index in [1.54, 1.807) is 42.6 Å². The van der Waals surface area contributed by atoms with Gasteiger partial charge in [0, 0.05) is 11.6 Å². The summed E-state index contributed by atoms with van der Waals surface area (Å²) in [4.78, 5) is 4.33. The lowest BCUT2D eigenvalue weighted by Crippen LogP contribution is -1.96. The highest BCUT2D eigenvalue weighted by Gasteiger charge is 2.09. The number of aryl methyl sites for hydroxylation is 1. The predicted octanol–water partition coefficient (Wildman–Crippen LogP) is 2.83. The third-order valence-corrected chi connectivity index (χ3v) is 3.88. The van der Waals surface area contributed by atoms with Crippen LogP contribution in [0.2, 0.25) is 0 Å². The van der Waals surface area contributed by atoms with Gasteiger partial charge >= 0.3 is 0 Å². The van der Waals surface area contributed by atoms with Gasteiger partial charge < -0.3 is 0 Å². The zero-order chi connectivity index (χ0) is 13.0. The lowest BCUT2D eigenvalue weighted by Gasteiger charge is -1.99. The quantitative estimate of drug-likeness (QED) is 0.851. The van der Waals surface area contributed by atoms with Gasteiger partial charge in [0.15, 0.2) is 9.84 Å². The Bertz CT molecular complexity index is 644. The first-order chi connectivity index (χ1) is 8.58. The van der Waals surface area contributed by atoms with Crippen LogP contribution in [0.5, 0.6) is 0 Å². The van der Waals surface area contributed by atoms with E-state index in [9.17, 15) is 8.42 Å². The first-order valence-electron chi connectivity index (χ1n) is 5.49. The minimum Gasteiger partial charge on any atom is -0.257 e. The smallest absolute Gasteiger partial charge is 0.199 e. The van der Waals surface area contributed by atoms with Crippen LogP contribution in [0.4, 0.5) is 0 Å². The number of benzene rings is 1. The highest BCUT2D eigenvalue weighted by atomic mass is 32.2. The molecule has 0 bridgehead atoms. The molecule has 0 saturated carbocycles. The van der Waals surface area contributed by atoms with Crippen LogP contribution < -0.4 is 0 Å². The van der Waals surface area contributed by atoms with E-state index in [2.05, 4.69) is 4.98 Å². The zero-order valence-corrected chi connectivity index (χ0v) is 10.8. The van der Waals surface area contributed by atoms with Gasteiger partial charge in [-0.05, 0) is 37.3 Å². The molecule has 0 spiro atoms. The van der Waals surface area contributed by atoms with E-state index < -0.39 is 9.84 Å². The predicted molar refractivity (Wildman–Crippen MR) is 71.6 cm³/mol. The van der Waals surface area contributed by atoms with Crippen molar-refractivity contribution in [3.63, 3.8) is 0 Å². The third kappa shape index (κ3) is 3.05. The van der Waals surface area contributed by atoms with E-state index in [1.165, 1.54) is 11.5 Å². The topological polar surface area (TPSA) is 47.0 Å². The standard InChI is InChI=1S/C14H13NO2S/c1-12-5-7-14(8-6-12)18(16,17)11-9-13-4-2-3-10-15-13/h2-11H,1H3/b11-9+. The molecule has 0 amide bonds. The Labute approximate surface area is 107 Å². The van der Waals surface area contributed by atoms with E-state index in [1.807, 2.05) is 13.0 Å². The van der Waals surface area contributed by atoms with Crippen LogP contribution in [0.25, 0.3) is 6.08 Å². The summed E-state index contributed by atoms with van der Waals surface area (Å²) in [6.07, 6.45) is 3.12. The van der Waals surface area contributed by atoms with Crippen LogP contribution in [0.15, 0.2) is 59.0 Å². The first-order valence-corrected chi connectivity index (χ1v) is 7.03. The summed E-state index contributed by atoms with van der Waals surface area (Å²) in [5.74, 6) is 0. The van der Waals surface area contributed by atoms with Gasteiger partial charge in [0.2, 0.25) is 0 Å². The molecular weight excluding hydrogens is 246 g/mol. The summed E-state index contributed by atoms with van der Waals surface area (Å²) >= 11 is 0. The molecule has 18 heavy (non-hydrogen) atoms. The Morgan fingerprint density at radius 1 is 1.06 bits per heavy atom. The van der Waals surface area contributed by atoms with Crippen molar-refractivity contribution >= 4 is 15.9 Å². The molecule has 1 heterocycles. The number of hydrogen-bond donors (Lipinski definition) is 0. The molecule has 0 unspecified atom stereocenters. The zero-order valence-electron chi connectivity index (χ0n) is 9.95. The molecule has 0 aliphatic carbocycles. The summed E-state index contributed by atoms with van der Waals surface area (Å²) < 4.78 is 24.0. The maximum Gasteiger partial charge on any atom is 0.199 e. The van der Waals surface area contributed by atoms with Crippen molar-refractivity contribution in [2.75, 3.05) is 0 Å². The molecule has 0 saturated heterocycles. The number of pyridine rings is 1. The average Bonchev–Trinajstić information content (AvgIpc) is 2.38. The largest absolute Gasteiger partial charge is 0.257 e. The molecule has 0 radical (unpaired) electrons. The molecule has 92 valence electrons. The lowest BCUT2D eigenvalue weighted by molar-refractivity contribution is 0.605. The summed E-state index contributed by atoms with van der Waals surface area (Å²) in [6, 6.07) is 12.1. The second-order valence-corrected chi connectivity index (χ2v) is 5.75. The molecule has 0 fully saturated rings. The van der Waals surface area contributed by atoms with Crippen molar-refractivity contribution in [3.8, 4) is 0 Å². The average molecular weight is 259 g/mol. The van der Waals surface area contributed by atoms with Gasteiger partial charge in [-0.15, -0.1) is 0 Å². The highest BCUT2D eigenvalue weighted by molar-refractivity contribution is 7.94. The molecule has 2 aromatic rings. The summed E-state index contributed by atoms with van der Waals surface area (Å²) in [5, 5.41) is 1.18. The van der Waals surface area contributed by atoms with Crippen molar-refractivity contribution < 1.29 is 8.42 Å². The molecule has 2 rings (SSSR count). The number of rotatable bonds is 3. The van der Waals surface area contributed by atoms with Crippen molar-refractivity contribution in [2.45, 2.75) is 11.8 Å². The highest BCUT2D eigenvalue weighted by Crippen LogP contribution is 2.14. The van der Waals surface area contributed by atoms with Crippen molar-refractivity contribution in [1.82, 2.24) is 4.98 Å². The Morgan fingerprint density at radius 3 is 2.39 bits per heavy atom. The Balaban J connectivity index is 2.28. The van der Waals surface area contributed by atoms with E-state index >= 15 is 0 Å². The minimum atomic E-state index is -3.40. The lowest BCUT2D eigenvalue weighted by atomic mass is 10.2. The van der Waals surface area contributed by atoms with Crippen LogP contribution in [-0.2, 0) is 9.84 Å². The molecule has 1 aromatic heterocycles. The Morgan fingerprint density at radius 2 is 1.78 bits per heavy atom. The number of aromatic nitrogens is 1. The van der Waals surface area contributed by atoms with Gasteiger partial charge in [0.05, 0.1) is 10.6 Å². The van der Waals surface area contributed by atoms with Crippen LogP contribution >= 0.6 is 0 Å². The summed E-state index contributed by atoms with van der Waals surface area (Å²) in [6.45, 7) is 1.92. The summed E-state index contributed by atoms with van der Waals surface area (Å²) in [7, 11) is -3.40. The Hall–Kier alpha value is -1.94. The van der Waals surface area contributed by atoms with E-state index in [-0.39, 0.29) is 0 Å². The van der Waals surface area contributed by atoms with Crippen molar-refractivity contribution in [1.29, 1.82) is 0 Å². The monoisotopic (exact) mass is 259 g/mol. The number of nitrogens with zero attached hydrogens (tertiary/aromatic N) is 1. The summed E-state index contributed by atoms with van der Waals surface area (Å²) in [5.41, 5.74) is 1.65. The SMILES string of the molecule is Cc1ccc(S(=O)(=O)/C=C/c2ccccn2)cc1. The van der Waals surface area contributed by atoms with Gasteiger partial charge in [0.1, 0.15) is 0 Å². The first kappa shape index (κ1) is 12.5. The van der Waals surface area contributed by atoms with E-state index in [4.69, 9.17) is 0 Å². The number of hydrogen-bond acceptors (Lipinski definition) is 3. The second kappa shape index (κ2) is 5.14. The molecule has 4 heteroatoms. The molecule has 0 aliphatic rings. The van der Waals surface area contributed by atoms with Crippen molar-refractivity contribution in [2.24, 2.45) is 0 Å². The van der Waals surface area contributed by atoms with Gasteiger partial charge in [-0.3, -0.25) is 4.98 Å². The molecule has 0 aliphatic heterocycles. The number of sulfone groups is 1. The molecule has 1 aromatic carbocycles. The fourth-order valence-electron chi connectivity index (χ4n) is 1.44. The minimum absolute atomic E-state index is 0.292. The Kier molecular flexibility index (Phi) is 3.58. The molecule has 3 nitrogen and oxygen atoms in total. The van der Waals surface area contributed by atoms with Crippen LogP contribution in [0.1, 0.15) is 11.3 Å². The van der Waals surface area contributed by atoms with Gasteiger partial charge in [-0.25, -0.2) is 8.42 Å². The van der Waals surface area contributed by atoms with E-state index in [0.717, 1.165) is 5.56 Å². The van der Waals surface area contributed by atoms with Crippen LogP contribution in [0.3, 0.4) is 0 Å². The van der Waals surface area contributed by atoms with Gasteiger partial charge in [0.25, 0.3) is 0 Å². The van der Waals surface area contributed by atoms with Gasteiger partial charge in [-0.1, -0.05) is 23.8 Å². The van der Waals surface area contributed by atoms with E-state index in [0.29, 0.717) is 10.6 Å². The maximum absolute atomic E-state index is 12.0. The molecule has 0 N–H and O–H groups in total. The molecular formula is C14H13NO2S. The van der Waals surface area contributed by atoms with Crippen LogP contribution in [0, 0.1) is 6.92 Å². The normalized spacial score (nSPS) is 11.8. The fraction of sp³-hybridized carbons (Fsp3) is 0.0714. The van der Waals surface area contributed by atoms with Crippen molar-refractivity contribution in [3.05, 3.63) is 65.3 Å². The fourth-order valence-corrected chi connectivity index (χ4v) is 2.43. The molecule has 0 atom stereocenters. The third-order valence-electron chi connectivity index (χ3n) is 2.46. The van der Waals surface area contributed by atoms with Gasteiger partial charge in [-0.2, -0.15) is 0 Å².